The number of fused-ring (bicyclic) bond motifs is 2. The molecule has 2 amide bonds. The van der Waals surface area contributed by atoms with Crippen LogP contribution in [0.5, 0.6) is 0 Å². The topological polar surface area (TPSA) is 99.6 Å². The number of rotatable bonds is 5. The van der Waals surface area contributed by atoms with Gasteiger partial charge in [0.25, 0.3) is 0 Å². The van der Waals surface area contributed by atoms with Gasteiger partial charge in [0.1, 0.15) is 6.04 Å². The monoisotopic (exact) mass is 533 g/mol. The lowest BCUT2D eigenvalue weighted by atomic mass is 9.74. The first-order chi connectivity index (χ1) is 17.8. The Morgan fingerprint density at radius 3 is 2.59 bits per heavy atom. The van der Waals surface area contributed by atoms with Crippen LogP contribution in [-0.2, 0) is 23.9 Å². The van der Waals surface area contributed by atoms with Crippen LogP contribution in [0.3, 0.4) is 0 Å². The maximum atomic E-state index is 14.3. The fourth-order valence-electron chi connectivity index (χ4n) is 6.63. The Morgan fingerprint density at radius 1 is 1.05 bits per heavy atom. The molecule has 0 radical (unpaired) electrons. The number of cyclic esters (lactones) is 1. The summed E-state index contributed by atoms with van der Waals surface area (Å²) in [5.74, 6) is -2.19. The van der Waals surface area contributed by atoms with Gasteiger partial charge in [-0.2, -0.15) is 0 Å². The molecule has 0 aromatic heterocycles. The number of carbonyl (C=O) groups excluding carboxylic acids is 3. The van der Waals surface area contributed by atoms with Crippen LogP contribution in [0.15, 0.2) is 24.3 Å². The summed E-state index contributed by atoms with van der Waals surface area (Å²) in [4.78, 5) is 47.6. The van der Waals surface area contributed by atoms with Crippen molar-refractivity contribution in [2.45, 2.75) is 54.7 Å². The number of likely N-dealkylation sites (tertiary alicyclic amines) is 1. The molecule has 3 saturated heterocycles. The number of aliphatic hydroxyl groups is 1. The molecule has 0 aromatic carbocycles. The molecule has 6 atom stereocenters. The quantitative estimate of drug-likeness (QED) is 0.414. The van der Waals surface area contributed by atoms with Crippen LogP contribution in [0.2, 0.25) is 0 Å². The Balaban J connectivity index is 1.52. The van der Waals surface area contributed by atoms with Crippen molar-refractivity contribution in [1.29, 1.82) is 0 Å². The number of thioether (sulfide) groups is 1. The first-order valence-corrected chi connectivity index (χ1v) is 14.4. The molecule has 5 rings (SSSR count). The van der Waals surface area contributed by atoms with Gasteiger partial charge >= 0.3 is 5.97 Å². The van der Waals surface area contributed by atoms with Gasteiger partial charge in [0.15, 0.2) is 0 Å². The van der Waals surface area contributed by atoms with Crippen molar-refractivity contribution < 1.29 is 29.0 Å². The summed E-state index contributed by atoms with van der Waals surface area (Å²) in [5.41, 5.74) is 0. The van der Waals surface area contributed by atoms with Crippen LogP contribution in [0.1, 0.15) is 33.1 Å². The van der Waals surface area contributed by atoms with E-state index in [0.717, 1.165) is 38.9 Å². The Bertz CT molecular complexity index is 968. The molecule has 0 aliphatic carbocycles. The van der Waals surface area contributed by atoms with Gasteiger partial charge in [0.2, 0.25) is 11.8 Å². The zero-order chi connectivity index (χ0) is 26.2. The Labute approximate surface area is 223 Å². The predicted octanol–water partition coefficient (Wildman–Crippen LogP) is 1.07. The molecular weight excluding hydrogens is 494 g/mol. The number of hydrogen-bond acceptors (Lipinski definition) is 8. The van der Waals surface area contributed by atoms with Gasteiger partial charge in [-0.3, -0.25) is 19.3 Å². The van der Waals surface area contributed by atoms with E-state index in [2.05, 4.69) is 17.1 Å². The van der Waals surface area contributed by atoms with Gasteiger partial charge in [-0.25, -0.2) is 0 Å². The molecule has 1 N–H and O–H groups in total. The van der Waals surface area contributed by atoms with E-state index in [1.54, 1.807) is 23.6 Å². The lowest BCUT2D eigenvalue weighted by Crippen LogP contribution is -2.57. The molecule has 5 aliphatic heterocycles. The van der Waals surface area contributed by atoms with Gasteiger partial charge in [0.05, 0.1) is 49.1 Å². The summed E-state index contributed by atoms with van der Waals surface area (Å²) >= 11 is 1.55. The van der Waals surface area contributed by atoms with Crippen molar-refractivity contribution >= 4 is 29.5 Å². The van der Waals surface area contributed by atoms with E-state index in [-0.39, 0.29) is 24.4 Å². The zero-order valence-corrected chi connectivity index (χ0v) is 22.7. The molecule has 9 nitrogen and oxygen atoms in total. The highest BCUT2D eigenvalue weighted by molar-refractivity contribution is 8.02. The number of carbonyl (C=O) groups is 3. The summed E-state index contributed by atoms with van der Waals surface area (Å²) in [7, 11) is 0. The minimum Gasteiger partial charge on any atom is -0.465 e. The smallest absolute Gasteiger partial charge is 0.311 e. The molecule has 37 heavy (non-hydrogen) atoms. The second kappa shape index (κ2) is 10.7. The highest BCUT2D eigenvalue weighted by Gasteiger charge is 2.74. The molecule has 0 aromatic rings. The predicted molar refractivity (Wildman–Crippen MR) is 140 cm³/mol. The summed E-state index contributed by atoms with van der Waals surface area (Å²) in [6, 6.07) is -1.34. The zero-order valence-electron chi connectivity index (χ0n) is 21.8. The van der Waals surface area contributed by atoms with Crippen molar-refractivity contribution in [3.63, 3.8) is 0 Å². The first-order valence-electron chi connectivity index (χ1n) is 13.6. The number of hydrogen-bond donors (Lipinski definition) is 1. The largest absolute Gasteiger partial charge is 0.465 e. The molecule has 10 heteroatoms. The van der Waals surface area contributed by atoms with E-state index in [1.165, 1.54) is 0 Å². The van der Waals surface area contributed by atoms with Crippen molar-refractivity contribution in [3.05, 3.63) is 24.3 Å². The average molecular weight is 534 g/mol. The number of esters is 1. The molecule has 3 fully saturated rings. The molecule has 5 heterocycles. The molecule has 1 unspecified atom stereocenters. The van der Waals surface area contributed by atoms with E-state index >= 15 is 0 Å². The highest BCUT2D eigenvalue weighted by atomic mass is 32.2. The van der Waals surface area contributed by atoms with Crippen LogP contribution < -0.4 is 0 Å². The lowest BCUT2D eigenvalue weighted by Gasteiger charge is -2.39. The Morgan fingerprint density at radius 2 is 1.84 bits per heavy atom. The second-order valence-electron chi connectivity index (χ2n) is 11.0. The second-order valence-corrected chi connectivity index (χ2v) is 12.8. The summed E-state index contributed by atoms with van der Waals surface area (Å²) in [6.07, 6.45) is 10.8. The lowest BCUT2D eigenvalue weighted by molar-refractivity contribution is -0.154. The number of morpholine rings is 1. The third kappa shape index (κ3) is 4.64. The van der Waals surface area contributed by atoms with E-state index in [0.29, 0.717) is 32.9 Å². The van der Waals surface area contributed by atoms with Gasteiger partial charge in [-0.05, 0) is 33.1 Å². The Kier molecular flexibility index (Phi) is 7.73. The molecule has 204 valence electrons. The third-order valence-corrected chi connectivity index (χ3v) is 10.3. The molecule has 5 aliphatic rings. The minimum atomic E-state index is -0.915. The normalized spacial score (nSPS) is 38.5. The van der Waals surface area contributed by atoms with Crippen molar-refractivity contribution in [3.8, 4) is 0 Å². The van der Waals surface area contributed by atoms with E-state index < -0.39 is 33.4 Å². The van der Waals surface area contributed by atoms with Gasteiger partial charge in [-0.1, -0.05) is 24.3 Å². The third-order valence-electron chi connectivity index (χ3n) is 8.55. The molecule has 1 spiro atoms. The number of amides is 2. The van der Waals surface area contributed by atoms with E-state index in [4.69, 9.17) is 9.47 Å². The maximum Gasteiger partial charge on any atom is 0.311 e. The fraction of sp³-hybridized carbons (Fsp3) is 0.741. The average Bonchev–Trinajstić information content (AvgIpc) is 3.23. The van der Waals surface area contributed by atoms with Crippen LogP contribution in [-0.4, -0.2) is 118 Å². The van der Waals surface area contributed by atoms with Gasteiger partial charge in [0, 0.05) is 37.5 Å². The fourth-order valence-corrected chi connectivity index (χ4v) is 8.77. The maximum absolute atomic E-state index is 14.3. The van der Waals surface area contributed by atoms with Gasteiger partial charge < -0.3 is 24.4 Å². The standard InChI is InChI=1S/C27H39N3O6S/c1-19(18-31)30-22-24(33)29(12-11-28-13-16-35-17-14-28)10-7-9-27(22)20(23(30)32)21-25(34)36-15-6-4-3-5-8-26(21,2)37-27/h5,7-9,19-22,31H,3-4,6,10-18H2,1-2H3/b8-5-/t19-,20+,21+,22?,26-,27+/m1/s1. The number of aliphatic hydroxyl groups excluding tert-OH is 1. The summed E-state index contributed by atoms with van der Waals surface area (Å²) in [5, 5.41) is 10.1. The van der Waals surface area contributed by atoms with Crippen molar-refractivity contribution in [1.82, 2.24) is 14.7 Å². The van der Waals surface area contributed by atoms with Crippen LogP contribution in [0.25, 0.3) is 0 Å². The first kappa shape index (κ1) is 26.7. The van der Waals surface area contributed by atoms with E-state index in [1.807, 2.05) is 24.0 Å². The van der Waals surface area contributed by atoms with Gasteiger partial charge in [-0.15, -0.1) is 11.8 Å². The number of ether oxygens (including phenoxy) is 2. The van der Waals surface area contributed by atoms with Crippen LogP contribution in [0, 0.1) is 11.8 Å². The molecule has 0 saturated carbocycles. The minimum absolute atomic E-state index is 0.119. The highest BCUT2D eigenvalue weighted by Crippen LogP contribution is 2.65. The Hall–Kier alpha value is -1.88. The van der Waals surface area contributed by atoms with Crippen molar-refractivity contribution in [2.24, 2.45) is 11.8 Å². The number of allylic oxidation sites excluding steroid dienone is 1. The molecule has 0 bridgehead atoms. The van der Waals surface area contributed by atoms with E-state index in [9.17, 15) is 19.5 Å². The van der Waals surface area contributed by atoms with Crippen LogP contribution >= 0.6 is 11.8 Å². The van der Waals surface area contributed by atoms with Crippen molar-refractivity contribution in [2.75, 3.05) is 59.2 Å². The summed E-state index contributed by atoms with van der Waals surface area (Å²) < 4.78 is 9.55. The SMILES string of the molecule is C[C@H](CO)N1C(=O)[C@@H]2[C@H]3C(=O)OCCCC/C=C\[C@@]3(C)S[C@@]23C=CCN(CCN2CCOCC2)C(=O)C13. The number of nitrogens with zero attached hydrogens (tertiary/aromatic N) is 3. The molecular formula is C27H39N3O6S. The van der Waals surface area contributed by atoms with Crippen LogP contribution in [0.4, 0.5) is 0 Å². The summed E-state index contributed by atoms with van der Waals surface area (Å²) in [6.45, 7) is 8.63.